The number of para-hydroxylation sites is 2. The number of piperazine rings is 1. The van der Waals surface area contributed by atoms with Gasteiger partial charge in [-0.2, -0.15) is 61.2 Å². The van der Waals surface area contributed by atoms with Crippen molar-refractivity contribution in [1.82, 2.24) is 7.94 Å². The summed E-state index contributed by atoms with van der Waals surface area (Å²) in [6.45, 7) is 3.83. The maximum atomic E-state index is 12.5. The molecule has 0 unspecified atom stereocenters. The summed E-state index contributed by atoms with van der Waals surface area (Å²) in [5, 5.41) is 9.74. The smallest absolute Gasteiger partial charge is 0.256 e. The topological polar surface area (TPSA) is 106 Å². The molecule has 44 heavy (non-hydrogen) atoms. The van der Waals surface area contributed by atoms with E-state index in [0.29, 0.717) is 11.0 Å². The molecule has 222 valence electrons. The van der Waals surface area contributed by atoms with Gasteiger partial charge < -0.3 is 18.6 Å². The molecule has 1 saturated heterocycles. The van der Waals surface area contributed by atoms with Gasteiger partial charge in [0, 0.05) is 65.4 Å². The molecule has 6 aromatic rings. The SMILES string of the molecule is C1C[N-]CC[N-]1.O=S(=O)(c1ccccc1)n1c[c-]c2ccccc21.O=S(=O)(c1ccccc1)n1c[c-]c2ccccc21.[Y].[Y]. The maximum Gasteiger partial charge on any atom is 0.256 e. The van der Waals surface area contributed by atoms with Gasteiger partial charge in [-0.15, -0.1) is 12.1 Å². The quantitative estimate of drug-likeness (QED) is 0.202. The summed E-state index contributed by atoms with van der Waals surface area (Å²) in [5.74, 6) is 0. The van der Waals surface area contributed by atoms with E-state index in [0.717, 1.165) is 37.0 Å². The van der Waals surface area contributed by atoms with Gasteiger partial charge >= 0.3 is 0 Å². The summed E-state index contributed by atoms with van der Waals surface area (Å²) in [6, 6.07) is 37.2. The Labute approximate surface area is 309 Å². The molecule has 0 amide bonds. The third kappa shape index (κ3) is 8.62. The van der Waals surface area contributed by atoms with Crippen LogP contribution < -0.4 is 0 Å². The first-order valence-corrected chi connectivity index (χ1v) is 16.1. The number of rotatable bonds is 4. The first kappa shape index (κ1) is 36.5. The molecular weight excluding hydrogens is 746 g/mol. The zero-order valence-electron chi connectivity index (χ0n) is 23.8. The van der Waals surface area contributed by atoms with Gasteiger partial charge in [-0.05, 0) is 35.3 Å². The number of hydrogen-bond donors (Lipinski definition) is 0. The fourth-order valence-corrected chi connectivity index (χ4v) is 6.96. The van der Waals surface area contributed by atoms with Gasteiger partial charge in [0.1, 0.15) is 0 Å². The minimum atomic E-state index is -3.54. The molecule has 8 nitrogen and oxygen atoms in total. The van der Waals surface area contributed by atoms with Crippen molar-refractivity contribution in [2.24, 2.45) is 0 Å². The molecule has 2 aromatic heterocycles. The normalized spacial score (nSPS) is 12.9. The molecular formula is C32H28N4O4S2Y2-4. The second-order valence-electron chi connectivity index (χ2n) is 9.15. The first-order chi connectivity index (χ1) is 20.4. The molecule has 3 heterocycles. The van der Waals surface area contributed by atoms with E-state index in [9.17, 15) is 16.8 Å². The second kappa shape index (κ2) is 17.1. The van der Waals surface area contributed by atoms with Crippen LogP contribution >= 0.6 is 0 Å². The van der Waals surface area contributed by atoms with Crippen LogP contribution in [-0.4, -0.2) is 51.0 Å². The monoisotopic (exact) mass is 774 g/mol. The molecule has 1 fully saturated rings. The van der Waals surface area contributed by atoms with Gasteiger partial charge in [0.05, 0.1) is 9.79 Å². The third-order valence-corrected chi connectivity index (χ3v) is 9.77. The van der Waals surface area contributed by atoms with Gasteiger partial charge in [0.25, 0.3) is 20.0 Å². The van der Waals surface area contributed by atoms with Crippen molar-refractivity contribution in [2.45, 2.75) is 9.79 Å². The Morgan fingerprint density at radius 2 is 0.795 bits per heavy atom. The van der Waals surface area contributed by atoms with Crippen molar-refractivity contribution in [1.29, 1.82) is 0 Å². The van der Waals surface area contributed by atoms with Crippen LogP contribution in [0.1, 0.15) is 0 Å². The summed E-state index contributed by atoms with van der Waals surface area (Å²) in [6.07, 6.45) is 2.93. The minimum Gasteiger partial charge on any atom is -0.665 e. The van der Waals surface area contributed by atoms with Crippen molar-refractivity contribution >= 4 is 41.9 Å². The summed E-state index contributed by atoms with van der Waals surface area (Å²) in [4.78, 5) is 0.555. The van der Waals surface area contributed by atoms with Crippen LogP contribution in [0.15, 0.2) is 131 Å². The van der Waals surface area contributed by atoms with Crippen LogP contribution in [0.25, 0.3) is 32.4 Å². The number of nitrogens with zero attached hydrogens (tertiary/aromatic N) is 4. The van der Waals surface area contributed by atoms with Crippen molar-refractivity contribution < 1.29 is 82.3 Å². The molecule has 0 spiro atoms. The van der Waals surface area contributed by atoms with Crippen molar-refractivity contribution in [3.63, 3.8) is 0 Å². The van der Waals surface area contributed by atoms with E-state index in [2.05, 4.69) is 22.8 Å². The number of fused-ring (bicyclic) bond motifs is 2. The molecule has 0 aliphatic carbocycles. The zero-order chi connectivity index (χ0) is 29.4. The molecule has 12 heteroatoms. The number of benzene rings is 4. The van der Waals surface area contributed by atoms with Gasteiger partial charge in [-0.25, -0.2) is 16.8 Å². The number of hydrogen-bond acceptors (Lipinski definition) is 4. The van der Waals surface area contributed by atoms with Crippen LogP contribution in [0.5, 0.6) is 0 Å². The van der Waals surface area contributed by atoms with Crippen LogP contribution in [0, 0.1) is 12.1 Å². The van der Waals surface area contributed by atoms with E-state index >= 15 is 0 Å². The Balaban J connectivity index is 0.000000195. The molecule has 0 bridgehead atoms. The van der Waals surface area contributed by atoms with E-state index in [1.807, 2.05) is 36.4 Å². The first-order valence-electron chi connectivity index (χ1n) is 13.2. The maximum absolute atomic E-state index is 12.5. The molecule has 1 aliphatic rings. The van der Waals surface area contributed by atoms with E-state index in [1.165, 1.54) is 20.3 Å². The van der Waals surface area contributed by atoms with E-state index in [4.69, 9.17) is 0 Å². The van der Waals surface area contributed by atoms with Crippen LogP contribution in [0.3, 0.4) is 0 Å². The average Bonchev–Trinajstić information content (AvgIpc) is 3.69. The Hall–Kier alpha value is -2.01. The summed E-state index contributed by atoms with van der Waals surface area (Å²) in [5.41, 5.74) is 1.28. The molecule has 0 N–H and O–H groups in total. The van der Waals surface area contributed by atoms with Crippen molar-refractivity contribution in [3.8, 4) is 0 Å². The molecule has 0 saturated carbocycles. The Morgan fingerprint density at radius 3 is 1.14 bits per heavy atom. The van der Waals surface area contributed by atoms with E-state index in [-0.39, 0.29) is 75.2 Å². The largest absolute Gasteiger partial charge is 0.665 e. The fraction of sp³-hybridized carbons (Fsp3) is 0.125. The van der Waals surface area contributed by atoms with E-state index < -0.39 is 20.0 Å². The molecule has 1 aliphatic heterocycles. The van der Waals surface area contributed by atoms with Crippen molar-refractivity contribution in [3.05, 3.63) is 144 Å². The van der Waals surface area contributed by atoms with Crippen LogP contribution in [0.2, 0.25) is 0 Å². The molecule has 2 radical (unpaired) electrons. The van der Waals surface area contributed by atoms with E-state index in [1.54, 1.807) is 72.8 Å². The van der Waals surface area contributed by atoms with Gasteiger partial charge in [0.2, 0.25) is 0 Å². The Kier molecular flexibility index (Phi) is 14.1. The van der Waals surface area contributed by atoms with Gasteiger partial charge in [-0.3, -0.25) is 0 Å². The predicted octanol–water partition coefficient (Wildman–Crippen LogP) is 6.10. The minimum absolute atomic E-state index is 0. The Bertz CT molecular complexity index is 1830. The Morgan fingerprint density at radius 1 is 0.477 bits per heavy atom. The van der Waals surface area contributed by atoms with Gasteiger partial charge in [-0.1, -0.05) is 73.1 Å². The third-order valence-electron chi connectivity index (χ3n) is 6.39. The van der Waals surface area contributed by atoms with Gasteiger partial charge in [0.15, 0.2) is 0 Å². The molecule has 0 atom stereocenters. The second-order valence-corrected chi connectivity index (χ2v) is 12.8. The fourth-order valence-electron chi connectivity index (χ4n) is 4.29. The summed E-state index contributed by atoms with van der Waals surface area (Å²) >= 11 is 0. The molecule has 4 aromatic carbocycles. The van der Waals surface area contributed by atoms with Crippen molar-refractivity contribution in [2.75, 3.05) is 26.2 Å². The predicted molar refractivity (Wildman–Crippen MR) is 166 cm³/mol. The number of aromatic nitrogens is 2. The molecule has 7 rings (SSSR count). The van der Waals surface area contributed by atoms with Crippen LogP contribution in [-0.2, 0) is 85.5 Å². The summed E-state index contributed by atoms with van der Waals surface area (Å²) < 4.78 is 52.3. The zero-order valence-corrected chi connectivity index (χ0v) is 31.1. The summed E-state index contributed by atoms with van der Waals surface area (Å²) in [7, 11) is -7.07. The average molecular weight is 775 g/mol. The standard InChI is InChI=1S/2C14H10NO2S.C4H8N2.2Y/c2*16-18(17,13-7-2-1-3-8-13)15-11-10-12-6-4-5-9-14(12)15;1-2-6-4-3-5-1;;/h2*1-9,11H;1-4H2;;/q2*-1;-2;;. The van der Waals surface area contributed by atoms with Crippen LogP contribution in [0.4, 0.5) is 0 Å².